The lowest BCUT2D eigenvalue weighted by Gasteiger charge is -1.82. The monoisotopic (exact) mass is 167 g/mol. The van der Waals surface area contributed by atoms with Gasteiger partial charge in [-0.25, -0.2) is 0 Å². The van der Waals surface area contributed by atoms with E-state index in [-0.39, 0.29) is 0 Å². The third-order valence-electron chi connectivity index (χ3n) is 1.27. The first-order chi connectivity index (χ1) is 5.36. The Morgan fingerprint density at radius 1 is 1.36 bits per heavy atom. The van der Waals surface area contributed by atoms with E-state index in [4.69, 9.17) is 12.2 Å². The second kappa shape index (κ2) is 2.31. The van der Waals surface area contributed by atoms with Crippen LogP contribution in [0.4, 0.5) is 0 Å². The van der Waals surface area contributed by atoms with Crippen LogP contribution in [0.1, 0.15) is 0 Å². The number of aromatic amines is 3. The van der Waals surface area contributed by atoms with Gasteiger partial charge in [-0.05, 0) is 12.2 Å². The zero-order valence-electron chi connectivity index (χ0n) is 5.46. The molecular weight excluding hydrogens is 162 g/mol. The Kier molecular flexibility index (Phi) is 1.32. The summed E-state index contributed by atoms with van der Waals surface area (Å²) in [5.41, 5.74) is 0.886. The average Bonchev–Trinajstić information content (AvgIpc) is 2.55. The van der Waals surface area contributed by atoms with Crippen LogP contribution in [0.3, 0.4) is 0 Å². The van der Waals surface area contributed by atoms with Crippen LogP contribution in [0.15, 0.2) is 12.4 Å². The highest BCUT2D eigenvalue weighted by Gasteiger charge is 1.99. The van der Waals surface area contributed by atoms with Crippen molar-refractivity contribution in [3.8, 4) is 11.4 Å². The summed E-state index contributed by atoms with van der Waals surface area (Å²) in [7, 11) is 0. The van der Waals surface area contributed by atoms with E-state index in [1.165, 1.54) is 0 Å². The lowest BCUT2D eigenvalue weighted by molar-refractivity contribution is 1.08. The molecule has 2 heterocycles. The molecule has 2 aromatic heterocycles. The SMILES string of the molecule is S=c1nc(-c2cn[nH]c2)[nH][nH]1. The number of aromatic nitrogens is 5. The average molecular weight is 167 g/mol. The van der Waals surface area contributed by atoms with Crippen LogP contribution in [0, 0.1) is 4.77 Å². The highest BCUT2D eigenvalue weighted by Crippen LogP contribution is 2.09. The summed E-state index contributed by atoms with van der Waals surface area (Å²) in [6.07, 6.45) is 3.41. The van der Waals surface area contributed by atoms with Gasteiger partial charge in [0.1, 0.15) is 0 Å². The molecule has 0 saturated heterocycles. The van der Waals surface area contributed by atoms with Gasteiger partial charge in [0.05, 0.1) is 11.8 Å². The van der Waals surface area contributed by atoms with Crippen molar-refractivity contribution in [2.24, 2.45) is 0 Å². The quantitative estimate of drug-likeness (QED) is 0.551. The minimum absolute atomic E-state index is 0.446. The predicted molar refractivity (Wildman–Crippen MR) is 41.4 cm³/mol. The predicted octanol–water partition coefficient (Wildman–Crippen LogP) is 0.857. The summed E-state index contributed by atoms with van der Waals surface area (Å²) in [5, 5.41) is 12.0. The van der Waals surface area contributed by atoms with E-state index >= 15 is 0 Å². The summed E-state index contributed by atoms with van der Waals surface area (Å²) in [6.45, 7) is 0. The van der Waals surface area contributed by atoms with Crippen LogP contribution < -0.4 is 0 Å². The van der Waals surface area contributed by atoms with Gasteiger partial charge in [0.25, 0.3) is 0 Å². The van der Waals surface area contributed by atoms with E-state index in [2.05, 4.69) is 25.4 Å². The molecule has 0 bridgehead atoms. The molecule has 0 aliphatic rings. The van der Waals surface area contributed by atoms with Crippen LogP contribution in [0.5, 0.6) is 0 Å². The van der Waals surface area contributed by atoms with Gasteiger partial charge in [0, 0.05) is 6.20 Å². The molecule has 56 valence electrons. The fourth-order valence-corrected chi connectivity index (χ4v) is 0.930. The van der Waals surface area contributed by atoms with E-state index in [0.29, 0.717) is 10.6 Å². The molecule has 0 aliphatic carbocycles. The number of hydrogen-bond donors (Lipinski definition) is 3. The van der Waals surface area contributed by atoms with Crippen molar-refractivity contribution in [1.82, 2.24) is 25.4 Å². The highest BCUT2D eigenvalue weighted by atomic mass is 32.1. The maximum absolute atomic E-state index is 4.78. The number of H-pyrrole nitrogens is 3. The van der Waals surface area contributed by atoms with Gasteiger partial charge < -0.3 is 0 Å². The molecule has 2 aromatic rings. The smallest absolute Gasteiger partial charge is 0.213 e. The first kappa shape index (κ1) is 6.29. The van der Waals surface area contributed by atoms with Gasteiger partial charge in [0.2, 0.25) is 4.77 Å². The van der Waals surface area contributed by atoms with Crippen molar-refractivity contribution in [3.05, 3.63) is 17.2 Å². The minimum Gasteiger partial charge on any atom is -0.285 e. The second-order valence-corrected chi connectivity index (χ2v) is 2.39. The number of rotatable bonds is 1. The molecular formula is C5H5N5S. The van der Waals surface area contributed by atoms with Crippen molar-refractivity contribution in [2.75, 3.05) is 0 Å². The topological polar surface area (TPSA) is 73.2 Å². The van der Waals surface area contributed by atoms with Crippen LogP contribution in [0.25, 0.3) is 11.4 Å². The van der Waals surface area contributed by atoms with Crippen molar-refractivity contribution < 1.29 is 0 Å². The van der Waals surface area contributed by atoms with Crippen molar-refractivity contribution >= 4 is 12.2 Å². The molecule has 11 heavy (non-hydrogen) atoms. The molecule has 0 amide bonds. The zero-order chi connectivity index (χ0) is 7.68. The fraction of sp³-hybridized carbons (Fsp3) is 0. The van der Waals surface area contributed by atoms with Crippen LogP contribution in [-0.4, -0.2) is 25.4 Å². The van der Waals surface area contributed by atoms with E-state index in [0.717, 1.165) is 5.56 Å². The molecule has 0 spiro atoms. The Morgan fingerprint density at radius 2 is 2.27 bits per heavy atom. The summed E-state index contributed by atoms with van der Waals surface area (Å²) >= 11 is 4.78. The first-order valence-electron chi connectivity index (χ1n) is 3.00. The standard InChI is InChI=1S/C5H5N5S/c11-5-8-4(9-10-5)3-1-6-7-2-3/h1-2H,(H,6,7)(H2,8,9,10,11). The van der Waals surface area contributed by atoms with E-state index in [9.17, 15) is 0 Å². The number of hydrogen-bond acceptors (Lipinski definition) is 3. The molecule has 0 radical (unpaired) electrons. The Morgan fingerprint density at radius 3 is 2.82 bits per heavy atom. The Hall–Kier alpha value is -1.43. The Balaban J connectivity index is 2.53. The van der Waals surface area contributed by atoms with Crippen LogP contribution in [0.2, 0.25) is 0 Å². The third kappa shape index (κ3) is 1.07. The highest BCUT2D eigenvalue weighted by molar-refractivity contribution is 7.71. The molecule has 0 saturated carbocycles. The fourth-order valence-electron chi connectivity index (χ4n) is 0.787. The van der Waals surface area contributed by atoms with Gasteiger partial charge in [-0.2, -0.15) is 10.1 Å². The molecule has 0 aliphatic heterocycles. The van der Waals surface area contributed by atoms with Crippen LogP contribution in [-0.2, 0) is 0 Å². The molecule has 0 aromatic carbocycles. The molecule has 6 heteroatoms. The summed E-state index contributed by atoms with van der Waals surface area (Å²) in [6, 6.07) is 0. The molecule has 0 atom stereocenters. The van der Waals surface area contributed by atoms with Gasteiger partial charge >= 0.3 is 0 Å². The number of nitrogens with one attached hydrogen (secondary N) is 3. The van der Waals surface area contributed by atoms with Crippen molar-refractivity contribution in [3.63, 3.8) is 0 Å². The van der Waals surface area contributed by atoms with Gasteiger partial charge in [-0.15, -0.1) is 0 Å². The Bertz CT molecular complexity index is 383. The van der Waals surface area contributed by atoms with Gasteiger partial charge in [-0.3, -0.25) is 15.3 Å². The number of nitrogens with zero attached hydrogens (tertiary/aromatic N) is 2. The minimum atomic E-state index is 0.446. The zero-order valence-corrected chi connectivity index (χ0v) is 6.27. The first-order valence-corrected chi connectivity index (χ1v) is 3.41. The van der Waals surface area contributed by atoms with Crippen molar-refractivity contribution in [2.45, 2.75) is 0 Å². The summed E-state index contributed by atoms with van der Waals surface area (Å²) in [4.78, 5) is 4.00. The summed E-state index contributed by atoms with van der Waals surface area (Å²) in [5.74, 6) is 0.698. The molecule has 0 unspecified atom stereocenters. The maximum atomic E-state index is 4.78. The maximum Gasteiger partial charge on any atom is 0.213 e. The van der Waals surface area contributed by atoms with Crippen LogP contribution >= 0.6 is 12.2 Å². The molecule has 3 N–H and O–H groups in total. The molecule has 5 nitrogen and oxygen atoms in total. The van der Waals surface area contributed by atoms with E-state index < -0.39 is 0 Å². The molecule has 2 rings (SSSR count). The van der Waals surface area contributed by atoms with Gasteiger partial charge in [0.15, 0.2) is 5.82 Å². The lowest BCUT2D eigenvalue weighted by atomic mass is 10.3. The lowest BCUT2D eigenvalue weighted by Crippen LogP contribution is -1.75. The van der Waals surface area contributed by atoms with E-state index in [1.807, 2.05) is 0 Å². The normalized spacial score (nSPS) is 10.2. The van der Waals surface area contributed by atoms with E-state index in [1.54, 1.807) is 12.4 Å². The largest absolute Gasteiger partial charge is 0.285 e. The molecule has 0 fully saturated rings. The van der Waals surface area contributed by atoms with Gasteiger partial charge in [-0.1, -0.05) is 0 Å². The Labute approximate surface area is 66.9 Å². The van der Waals surface area contributed by atoms with Crippen molar-refractivity contribution in [1.29, 1.82) is 0 Å². The summed E-state index contributed by atoms with van der Waals surface area (Å²) < 4.78 is 0.446. The third-order valence-corrected chi connectivity index (χ3v) is 1.47. The second-order valence-electron chi connectivity index (χ2n) is 2.00.